The van der Waals surface area contributed by atoms with Gasteiger partial charge in [-0.1, -0.05) is 364 Å². The number of amides is 1. The van der Waals surface area contributed by atoms with Crippen LogP contribution >= 0.6 is 0 Å². The normalized spacial score (nSPS) is 12.8. The maximum atomic E-state index is 12.5. The first-order valence-electron chi connectivity index (χ1n) is 38.4. The average molecular weight is 1190 g/mol. The number of aliphatic hydroxyl groups excluding tert-OH is 2. The second kappa shape index (κ2) is 74.3. The number of ether oxygens (including phenoxy) is 1. The van der Waals surface area contributed by atoms with E-state index in [1.54, 1.807) is 6.08 Å². The monoisotopic (exact) mass is 1190 g/mol. The number of hydrogen-bond donors (Lipinski definition) is 3. The number of hydrogen-bond acceptors (Lipinski definition) is 5. The van der Waals surface area contributed by atoms with Crippen LogP contribution in [0, 0.1) is 0 Å². The number of allylic oxidation sites excluding steroid dienone is 7. The Morgan fingerprint density at radius 3 is 0.929 bits per heavy atom. The van der Waals surface area contributed by atoms with Gasteiger partial charge in [0, 0.05) is 12.8 Å². The zero-order chi connectivity index (χ0) is 61.3. The van der Waals surface area contributed by atoms with Gasteiger partial charge in [-0.15, -0.1) is 0 Å². The molecular formula is C79H149NO5. The Morgan fingerprint density at radius 2 is 0.588 bits per heavy atom. The molecule has 6 nitrogen and oxygen atoms in total. The number of rotatable bonds is 72. The quantitative estimate of drug-likeness (QED) is 0.0320. The van der Waals surface area contributed by atoms with Gasteiger partial charge in [0.25, 0.3) is 0 Å². The van der Waals surface area contributed by atoms with Crippen LogP contribution in [-0.2, 0) is 14.3 Å². The fourth-order valence-corrected chi connectivity index (χ4v) is 12.0. The van der Waals surface area contributed by atoms with Crippen LogP contribution in [0.3, 0.4) is 0 Å². The third-order valence-electron chi connectivity index (χ3n) is 17.8. The molecule has 0 radical (unpaired) electrons. The molecule has 500 valence electrons. The first-order chi connectivity index (χ1) is 42.0. The van der Waals surface area contributed by atoms with Crippen LogP contribution in [0.25, 0.3) is 0 Å². The van der Waals surface area contributed by atoms with Crippen molar-refractivity contribution in [2.24, 2.45) is 0 Å². The van der Waals surface area contributed by atoms with Crippen LogP contribution in [-0.4, -0.2) is 47.4 Å². The Hall–Kier alpha value is -2.18. The smallest absolute Gasteiger partial charge is 0.305 e. The maximum Gasteiger partial charge on any atom is 0.305 e. The summed E-state index contributed by atoms with van der Waals surface area (Å²) in [6, 6.07) is -0.627. The van der Waals surface area contributed by atoms with Gasteiger partial charge in [-0.05, 0) is 89.9 Å². The van der Waals surface area contributed by atoms with Gasteiger partial charge in [-0.2, -0.15) is 0 Å². The Kier molecular flexibility index (Phi) is 72.4. The number of aliphatic hydroxyl groups is 2. The number of carbonyl (C=O) groups excluding carboxylic acids is 2. The minimum absolute atomic E-state index is 0.0145. The summed E-state index contributed by atoms with van der Waals surface area (Å²) < 4.78 is 5.51. The molecule has 0 fully saturated rings. The number of unbranched alkanes of at least 4 members (excludes halogenated alkanes) is 55. The molecule has 0 bridgehead atoms. The van der Waals surface area contributed by atoms with Crippen LogP contribution < -0.4 is 5.32 Å². The molecule has 0 aliphatic heterocycles. The van der Waals surface area contributed by atoms with E-state index in [-0.39, 0.29) is 18.5 Å². The van der Waals surface area contributed by atoms with E-state index in [4.69, 9.17) is 4.74 Å². The number of nitrogens with one attached hydrogen (secondary N) is 1. The summed E-state index contributed by atoms with van der Waals surface area (Å²) in [7, 11) is 0. The zero-order valence-corrected chi connectivity index (χ0v) is 57.4. The SMILES string of the molecule is CCCCC/C=C\C/C=C\CCCCCCCCCCCC(=O)OCCCCCCCCCCCCCC/C=C\CCCCCCCCCCCCCCCCCCC(=O)NC(CO)C(O)/C=C/CCCCCCCCCCCCCCCCC. The van der Waals surface area contributed by atoms with Crippen molar-refractivity contribution in [2.45, 2.75) is 431 Å². The highest BCUT2D eigenvalue weighted by atomic mass is 16.5. The predicted octanol–water partition coefficient (Wildman–Crippen LogP) is 25.2. The van der Waals surface area contributed by atoms with Crippen LogP contribution in [0.4, 0.5) is 0 Å². The third kappa shape index (κ3) is 70.8. The lowest BCUT2D eigenvalue weighted by atomic mass is 10.0. The first kappa shape index (κ1) is 82.8. The molecule has 0 saturated carbocycles. The van der Waals surface area contributed by atoms with Gasteiger partial charge < -0.3 is 20.3 Å². The Morgan fingerprint density at radius 1 is 0.329 bits per heavy atom. The molecule has 0 spiro atoms. The molecule has 0 saturated heterocycles. The molecular weight excluding hydrogens is 1040 g/mol. The van der Waals surface area contributed by atoms with Gasteiger partial charge in [-0.25, -0.2) is 0 Å². The van der Waals surface area contributed by atoms with Gasteiger partial charge in [0.2, 0.25) is 5.91 Å². The van der Waals surface area contributed by atoms with Crippen molar-refractivity contribution < 1.29 is 24.5 Å². The van der Waals surface area contributed by atoms with Crippen LogP contribution in [0.15, 0.2) is 48.6 Å². The minimum atomic E-state index is -0.843. The molecule has 0 heterocycles. The minimum Gasteiger partial charge on any atom is -0.466 e. The molecule has 0 aromatic rings. The second-order valence-electron chi connectivity index (χ2n) is 26.3. The van der Waals surface area contributed by atoms with Gasteiger partial charge >= 0.3 is 5.97 Å². The average Bonchev–Trinajstić information content (AvgIpc) is 3.51. The zero-order valence-electron chi connectivity index (χ0n) is 57.4. The molecule has 3 N–H and O–H groups in total. The highest BCUT2D eigenvalue weighted by Crippen LogP contribution is 2.19. The molecule has 0 aromatic carbocycles. The van der Waals surface area contributed by atoms with E-state index in [9.17, 15) is 19.8 Å². The van der Waals surface area contributed by atoms with Gasteiger partial charge in [0.15, 0.2) is 0 Å². The van der Waals surface area contributed by atoms with Crippen molar-refractivity contribution in [3.05, 3.63) is 48.6 Å². The van der Waals surface area contributed by atoms with Crippen molar-refractivity contribution in [2.75, 3.05) is 13.2 Å². The molecule has 0 aliphatic carbocycles. The summed E-state index contributed by atoms with van der Waals surface area (Å²) in [4.78, 5) is 24.6. The molecule has 0 aromatic heterocycles. The third-order valence-corrected chi connectivity index (χ3v) is 17.8. The van der Waals surface area contributed by atoms with Crippen molar-refractivity contribution in [3.8, 4) is 0 Å². The van der Waals surface area contributed by atoms with Gasteiger partial charge in [0.1, 0.15) is 0 Å². The molecule has 85 heavy (non-hydrogen) atoms. The standard InChI is InChI=1S/C79H149NO5/c1-3-5-7-9-11-13-15-17-19-21-36-41-45-49-53-57-61-65-69-73-79(84)85-74-70-66-62-58-54-50-46-42-38-35-33-31-29-27-25-23-22-24-26-28-30-32-34-37-40-44-48-52-56-60-64-68-72-78(83)80-76(75-81)77(82)71-67-63-59-55-51-47-43-39-20-18-16-14-12-10-8-6-4-2/h11,13,17,19,25,27,67,71,76-77,81-82H,3-10,12,14-16,18,20-24,26,28-66,68-70,72-75H2,1-2H3,(H,80,83)/b13-11-,19-17-,27-25-,71-67+. The van der Waals surface area contributed by atoms with Crippen molar-refractivity contribution in [3.63, 3.8) is 0 Å². The lowest BCUT2D eigenvalue weighted by Crippen LogP contribution is -2.45. The van der Waals surface area contributed by atoms with Crippen LogP contribution in [0.1, 0.15) is 418 Å². The molecule has 2 unspecified atom stereocenters. The van der Waals surface area contributed by atoms with E-state index in [1.165, 1.54) is 340 Å². The molecule has 0 rings (SSSR count). The van der Waals surface area contributed by atoms with E-state index in [0.717, 1.165) is 51.4 Å². The summed E-state index contributed by atoms with van der Waals surface area (Å²) in [6.07, 6.45) is 97.9. The Balaban J connectivity index is 3.36. The molecule has 6 heteroatoms. The highest BCUT2D eigenvalue weighted by Gasteiger charge is 2.18. The Labute approximate surface area is 531 Å². The first-order valence-corrected chi connectivity index (χ1v) is 38.4. The van der Waals surface area contributed by atoms with Gasteiger partial charge in [-0.3, -0.25) is 9.59 Å². The summed E-state index contributed by atoms with van der Waals surface area (Å²) in [5.74, 6) is -0.0479. The van der Waals surface area contributed by atoms with Crippen molar-refractivity contribution in [1.82, 2.24) is 5.32 Å². The fraction of sp³-hybridized carbons (Fsp3) is 0.873. The van der Waals surface area contributed by atoms with E-state index in [0.29, 0.717) is 19.4 Å². The van der Waals surface area contributed by atoms with E-state index >= 15 is 0 Å². The summed E-state index contributed by atoms with van der Waals surface area (Å²) in [6.45, 7) is 4.91. The molecule has 0 aliphatic rings. The van der Waals surface area contributed by atoms with E-state index in [2.05, 4.69) is 55.6 Å². The topological polar surface area (TPSA) is 95.9 Å². The van der Waals surface area contributed by atoms with Crippen LogP contribution in [0.2, 0.25) is 0 Å². The maximum absolute atomic E-state index is 12.5. The van der Waals surface area contributed by atoms with Crippen molar-refractivity contribution >= 4 is 11.9 Å². The van der Waals surface area contributed by atoms with E-state index in [1.807, 2.05) is 6.08 Å². The summed E-state index contributed by atoms with van der Waals surface area (Å²) >= 11 is 0. The predicted molar refractivity (Wildman–Crippen MR) is 375 cm³/mol. The summed E-state index contributed by atoms with van der Waals surface area (Å²) in [5.41, 5.74) is 0. The number of carbonyl (C=O) groups is 2. The van der Waals surface area contributed by atoms with Crippen LogP contribution in [0.5, 0.6) is 0 Å². The molecule has 1 amide bonds. The van der Waals surface area contributed by atoms with Gasteiger partial charge in [0.05, 0.1) is 25.4 Å². The second-order valence-corrected chi connectivity index (χ2v) is 26.3. The lowest BCUT2D eigenvalue weighted by molar-refractivity contribution is -0.143. The van der Waals surface area contributed by atoms with Crippen molar-refractivity contribution in [1.29, 1.82) is 0 Å². The summed E-state index contributed by atoms with van der Waals surface area (Å²) in [5, 5.41) is 23.2. The van der Waals surface area contributed by atoms with E-state index < -0.39 is 12.1 Å². The molecule has 2 atom stereocenters. The lowest BCUT2D eigenvalue weighted by Gasteiger charge is -2.20. The largest absolute Gasteiger partial charge is 0.466 e. The Bertz CT molecular complexity index is 1420. The number of esters is 1. The highest BCUT2D eigenvalue weighted by molar-refractivity contribution is 5.76. The fourth-order valence-electron chi connectivity index (χ4n) is 12.0.